The molecule has 0 aromatic carbocycles. The van der Waals surface area contributed by atoms with E-state index in [1.54, 1.807) is 0 Å². The van der Waals surface area contributed by atoms with Crippen LogP contribution in [0.2, 0.25) is 0 Å². The van der Waals surface area contributed by atoms with Gasteiger partial charge in [0.2, 0.25) is 0 Å². The van der Waals surface area contributed by atoms with E-state index in [0.29, 0.717) is 6.20 Å². The van der Waals surface area contributed by atoms with Gasteiger partial charge in [0.25, 0.3) is 6.43 Å². The van der Waals surface area contributed by atoms with Crippen LogP contribution in [-0.4, -0.2) is 18.1 Å². The van der Waals surface area contributed by atoms with Gasteiger partial charge in [0.15, 0.2) is 0 Å². The van der Waals surface area contributed by atoms with Gasteiger partial charge < -0.3 is 4.74 Å². The molecule has 1 heterocycles. The number of pyridine rings is 1. The number of esters is 1. The topological polar surface area (TPSA) is 39.2 Å². The van der Waals surface area contributed by atoms with Crippen molar-refractivity contribution < 1.29 is 31.5 Å². The van der Waals surface area contributed by atoms with E-state index in [1.807, 2.05) is 0 Å². The fourth-order valence-corrected chi connectivity index (χ4v) is 1.39. The highest BCUT2D eigenvalue weighted by Gasteiger charge is 2.38. The van der Waals surface area contributed by atoms with Crippen molar-refractivity contribution in [2.24, 2.45) is 0 Å². The van der Waals surface area contributed by atoms with Gasteiger partial charge in [-0.25, -0.2) is 8.78 Å². The third-order valence-corrected chi connectivity index (χ3v) is 2.13. The number of rotatable bonds is 3. The molecule has 0 saturated heterocycles. The molecule has 0 amide bonds. The first-order valence-electron chi connectivity index (χ1n) is 4.66. The quantitative estimate of drug-likeness (QED) is 0.625. The summed E-state index contributed by atoms with van der Waals surface area (Å²) in [5.74, 6) is -0.964. The highest BCUT2D eigenvalue weighted by Crippen LogP contribution is 2.38. The zero-order valence-corrected chi connectivity index (χ0v) is 9.09. The normalized spacial score (nSPS) is 11.7. The van der Waals surface area contributed by atoms with Crippen molar-refractivity contribution in [1.29, 1.82) is 0 Å². The molecule has 0 aliphatic carbocycles. The minimum atomic E-state index is -4.99. The summed E-state index contributed by atoms with van der Waals surface area (Å²) in [4.78, 5) is 14.2. The van der Waals surface area contributed by atoms with E-state index in [9.17, 15) is 26.7 Å². The number of ether oxygens (including phenoxy) is 1. The highest BCUT2D eigenvalue weighted by molar-refractivity contribution is 5.73. The molecule has 1 rings (SSSR count). The number of carbonyl (C=O) groups is 1. The summed E-state index contributed by atoms with van der Waals surface area (Å²) in [5, 5.41) is 0. The maximum Gasteiger partial charge on any atom is 0.417 e. The number of alkyl halides is 5. The number of nitrogens with zero attached hydrogens (tertiary/aromatic N) is 1. The average molecular weight is 269 g/mol. The maximum absolute atomic E-state index is 12.7. The van der Waals surface area contributed by atoms with Crippen LogP contribution in [0.15, 0.2) is 12.4 Å². The Morgan fingerprint density at radius 2 is 2.00 bits per heavy atom. The first-order chi connectivity index (χ1) is 8.27. The summed E-state index contributed by atoms with van der Waals surface area (Å²) in [7, 11) is 0.986. The van der Waals surface area contributed by atoms with Crippen molar-refractivity contribution >= 4 is 5.97 Å². The second kappa shape index (κ2) is 5.28. The minimum Gasteiger partial charge on any atom is -0.469 e. The fraction of sp³-hybridized carbons (Fsp3) is 0.400. The summed E-state index contributed by atoms with van der Waals surface area (Å²) >= 11 is 0. The van der Waals surface area contributed by atoms with Crippen LogP contribution in [0, 0.1) is 0 Å². The van der Waals surface area contributed by atoms with Gasteiger partial charge in [-0.2, -0.15) is 13.2 Å². The standard InChI is InChI=1S/C10H8F5NO2/c1-18-7(17)2-5-3-16-4-6(9(11)12)8(5)10(13,14)15/h3-4,9H,2H2,1H3. The molecule has 0 radical (unpaired) electrons. The van der Waals surface area contributed by atoms with E-state index in [1.165, 1.54) is 0 Å². The van der Waals surface area contributed by atoms with Crippen LogP contribution in [0.5, 0.6) is 0 Å². The van der Waals surface area contributed by atoms with Crippen molar-refractivity contribution in [1.82, 2.24) is 4.98 Å². The first kappa shape index (κ1) is 14.3. The zero-order chi connectivity index (χ0) is 13.9. The number of hydrogen-bond donors (Lipinski definition) is 0. The number of hydrogen-bond acceptors (Lipinski definition) is 3. The molecule has 18 heavy (non-hydrogen) atoms. The van der Waals surface area contributed by atoms with Crippen LogP contribution < -0.4 is 0 Å². The van der Waals surface area contributed by atoms with Crippen LogP contribution in [0.3, 0.4) is 0 Å². The molecule has 0 atom stereocenters. The molecule has 0 fully saturated rings. The highest BCUT2D eigenvalue weighted by atomic mass is 19.4. The SMILES string of the molecule is COC(=O)Cc1cncc(C(F)F)c1C(F)(F)F. The Hall–Kier alpha value is -1.73. The largest absolute Gasteiger partial charge is 0.469 e. The van der Waals surface area contributed by atoms with Gasteiger partial charge in [-0.1, -0.05) is 0 Å². The number of methoxy groups -OCH3 is 1. The number of carbonyl (C=O) groups excluding carboxylic acids is 1. The maximum atomic E-state index is 12.7. The van der Waals surface area contributed by atoms with Gasteiger partial charge >= 0.3 is 12.1 Å². The zero-order valence-electron chi connectivity index (χ0n) is 9.09. The van der Waals surface area contributed by atoms with Gasteiger partial charge in [0, 0.05) is 18.0 Å². The van der Waals surface area contributed by atoms with E-state index in [4.69, 9.17) is 0 Å². The Bertz CT molecular complexity index is 444. The Labute approximate surface area is 98.6 Å². The molecule has 0 saturated carbocycles. The lowest BCUT2D eigenvalue weighted by Crippen LogP contribution is -2.17. The van der Waals surface area contributed by atoms with Crippen molar-refractivity contribution in [2.45, 2.75) is 19.0 Å². The van der Waals surface area contributed by atoms with Gasteiger partial charge in [0.05, 0.1) is 19.1 Å². The van der Waals surface area contributed by atoms with E-state index < -0.39 is 41.7 Å². The molecule has 0 unspecified atom stereocenters. The van der Waals surface area contributed by atoms with Crippen LogP contribution in [0.1, 0.15) is 23.1 Å². The number of halogens is 5. The second-order valence-corrected chi connectivity index (χ2v) is 3.31. The van der Waals surface area contributed by atoms with Gasteiger partial charge in [-0.15, -0.1) is 0 Å². The van der Waals surface area contributed by atoms with E-state index in [-0.39, 0.29) is 0 Å². The minimum absolute atomic E-state index is 0.439. The Morgan fingerprint density at radius 3 is 2.44 bits per heavy atom. The second-order valence-electron chi connectivity index (χ2n) is 3.31. The molecule has 0 aliphatic heterocycles. The van der Waals surface area contributed by atoms with Crippen molar-refractivity contribution in [3.05, 3.63) is 29.1 Å². The molecule has 8 heteroatoms. The summed E-state index contributed by atoms with van der Waals surface area (Å²) in [6.45, 7) is 0. The molecule has 0 N–H and O–H groups in total. The van der Waals surface area contributed by atoms with E-state index in [2.05, 4.69) is 9.72 Å². The molecular formula is C10H8F5NO2. The van der Waals surface area contributed by atoms with Crippen molar-refractivity contribution in [2.75, 3.05) is 7.11 Å². The molecule has 0 aliphatic rings. The summed E-state index contributed by atoms with van der Waals surface area (Å²) < 4.78 is 67.3. The average Bonchev–Trinajstić information content (AvgIpc) is 2.26. The van der Waals surface area contributed by atoms with E-state index in [0.717, 1.165) is 13.3 Å². The third kappa shape index (κ3) is 3.14. The lowest BCUT2D eigenvalue weighted by atomic mass is 10.0. The van der Waals surface area contributed by atoms with Crippen LogP contribution in [0.25, 0.3) is 0 Å². The Balaban J connectivity index is 3.33. The van der Waals surface area contributed by atoms with Gasteiger partial charge in [-0.3, -0.25) is 9.78 Å². The molecular weight excluding hydrogens is 261 g/mol. The van der Waals surface area contributed by atoms with Crippen LogP contribution in [-0.2, 0) is 22.1 Å². The molecule has 3 nitrogen and oxygen atoms in total. The molecule has 100 valence electrons. The van der Waals surface area contributed by atoms with Crippen molar-refractivity contribution in [3.8, 4) is 0 Å². The summed E-state index contributed by atoms with van der Waals surface area (Å²) in [5.41, 5.74) is -3.41. The molecule has 1 aromatic rings. The van der Waals surface area contributed by atoms with Crippen LogP contribution >= 0.6 is 0 Å². The smallest absolute Gasteiger partial charge is 0.417 e. The lowest BCUT2D eigenvalue weighted by Gasteiger charge is -2.15. The summed E-state index contributed by atoms with van der Waals surface area (Å²) in [6.07, 6.45) is -7.91. The molecule has 1 aromatic heterocycles. The molecule has 0 spiro atoms. The Morgan fingerprint density at radius 1 is 1.39 bits per heavy atom. The summed E-state index contributed by atoms with van der Waals surface area (Å²) in [6, 6.07) is 0. The Kier molecular flexibility index (Phi) is 4.20. The fourth-order valence-electron chi connectivity index (χ4n) is 1.39. The lowest BCUT2D eigenvalue weighted by molar-refractivity contribution is -0.142. The van der Waals surface area contributed by atoms with Crippen LogP contribution in [0.4, 0.5) is 22.0 Å². The molecule has 0 bridgehead atoms. The van der Waals surface area contributed by atoms with Crippen molar-refractivity contribution in [3.63, 3.8) is 0 Å². The predicted molar refractivity (Wildman–Crippen MR) is 49.9 cm³/mol. The van der Waals surface area contributed by atoms with Gasteiger partial charge in [0.1, 0.15) is 0 Å². The van der Waals surface area contributed by atoms with E-state index >= 15 is 0 Å². The third-order valence-electron chi connectivity index (χ3n) is 2.13. The first-order valence-corrected chi connectivity index (χ1v) is 4.66. The number of aromatic nitrogens is 1. The predicted octanol–water partition coefficient (Wildman–Crippen LogP) is 2.75. The van der Waals surface area contributed by atoms with Gasteiger partial charge in [-0.05, 0) is 5.56 Å². The monoisotopic (exact) mass is 269 g/mol.